The molecule has 0 saturated heterocycles. The minimum Gasteiger partial charge on any atom is -0.325 e. The van der Waals surface area contributed by atoms with Crippen LogP contribution in [0, 0.1) is 17.7 Å². The zero-order valence-corrected chi connectivity index (χ0v) is 13.6. The fraction of sp³-hybridized carbons (Fsp3) is 0.471. The molecule has 0 spiro atoms. The van der Waals surface area contributed by atoms with Crippen molar-refractivity contribution in [3.8, 4) is 11.4 Å². The number of aromatic amines is 2. The zero-order valence-electron chi connectivity index (χ0n) is 13.6. The largest absolute Gasteiger partial charge is 0.340 e. The van der Waals surface area contributed by atoms with Gasteiger partial charge >= 0.3 is 5.69 Å². The summed E-state index contributed by atoms with van der Waals surface area (Å²) < 4.78 is 13.6. The molecule has 0 aliphatic heterocycles. The van der Waals surface area contributed by atoms with Gasteiger partial charge in [0.05, 0.1) is 5.69 Å². The Labute approximate surface area is 138 Å². The standard InChI is InChI=1S/C17H21FN4O2/c1-2-10-3-5-11(6-4-10)16(23)19-14-9-12(18)7-8-13(14)15-20-17(24)22-21-15/h7-11H,2-6H2,1H3,(H,19,23)(H2,20,21,22,24). The molecule has 1 aromatic carbocycles. The van der Waals surface area contributed by atoms with Crippen molar-refractivity contribution in [2.45, 2.75) is 39.0 Å². The van der Waals surface area contributed by atoms with E-state index in [1.165, 1.54) is 18.2 Å². The van der Waals surface area contributed by atoms with E-state index in [0.717, 1.165) is 32.1 Å². The monoisotopic (exact) mass is 332 g/mol. The van der Waals surface area contributed by atoms with Gasteiger partial charge in [-0.25, -0.2) is 14.3 Å². The Morgan fingerprint density at radius 1 is 1.33 bits per heavy atom. The van der Waals surface area contributed by atoms with Gasteiger partial charge in [-0.1, -0.05) is 13.3 Å². The van der Waals surface area contributed by atoms with Crippen LogP contribution in [0.5, 0.6) is 0 Å². The molecule has 3 N–H and O–H groups in total. The maximum Gasteiger partial charge on any atom is 0.340 e. The van der Waals surface area contributed by atoms with Crippen LogP contribution in [0.2, 0.25) is 0 Å². The summed E-state index contributed by atoms with van der Waals surface area (Å²) in [6.07, 6.45) is 4.96. The topological polar surface area (TPSA) is 90.6 Å². The van der Waals surface area contributed by atoms with Gasteiger partial charge in [-0.15, -0.1) is 0 Å². The number of carbonyl (C=O) groups is 1. The predicted molar refractivity (Wildman–Crippen MR) is 89.0 cm³/mol. The Balaban J connectivity index is 1.78. The summed E-state index contributed by atoms with van der Waals surface area (Å²) in [5.74, 6) is 0.357. The SMILES string of the molecule is CCC1CCC(C(=O)Nc2cc(F)ccc2-c2n[nH]c(=O)[nH]2)CC1. The third kappa shape index (κ3) is 3.55. The van der Waals surface area contributed by atoms with Crippen LogP contribution < -0.4 is 11.0 Å². The van der Waals surface area contributed by atoms with Crippen LogP contribution in [0.3, 0.4) is 0 Å². The second-order valence-electron chi connectivity index (χ2n) is 6.33. The Morgan fingerprint density at radius 2 is 2.08 bits per heavy atom. The van der Waals surface area contributed by atoms with Crippen LogP contribution in [-0.4, -0.2) is 21.1 Å². The average Bonchev–Trinajstić information content (AvgIpc) is 3.01. The zero-order chi connectivity index (χ0) is 17.1. The Bertz CT molecular complexity index is 775. The van der Waals surface area contributed by atoms with Crippen LogP contribution in [0.15, 0.2) is 23.0 Å². The van der Waals surface area contributed by atoms with Crippen LogP contribution in [0.4, 0.5) is 10.1 Å². The van der Waals surface area contributed by atoms with E-state index in [2.05, 4.69) is 27.4 Å². The summed E-state index contributed by atoms with van der Waals surface area (Å²) >= 11 is 0. The summed E-state index contributed by atoms with van der Waals surface area (Å²) in [4.78, 5) is 26.3. The molecule has 0 unspecified atom stereocenters. The molecule has 6 nitrogen and oxygen atoms in total. The highest BCUT2D eigenvalue weighted by molar-refractivity contribution is 5.96. The van der Waals surface area contributed by atoms with Gasteiger partial charge in [-0.3, -0.25) is 9.78 Å². The van der Waals surface area contributed by atoms with E-state index >= 15 is 0 Å². The van der Waals surface area contributed by atoms with Crippen molar-refractivity contribution in [2.75, 3.05) is 5.32 Å². The molecule has 0 radical (unpaired) electrons. The van der Waals surface area contributed by atoms with E-state index in [-0.39, 0.29) is 17.6 Å². The molecule has 1 aromatic heterocycles. The number of benzene rings is 1. The smallest absolute Gasteiger partial charge is 0.325 e. The first-order valence-corrected chi connectivity index (χ1v) is 8.32. The fourth-order valence-corrected chi connectivity index (χ4v) is 3.29. The second-order valence-corrected chi connectivity index (χ2v) is 6.33. The molecular weight excluding hydrogens is 311 g/mol. The number of anilines is 1. The number of hydrogen-bond acceptors (Lipinski definition) is 3. The average molecular weight is 332 g/mol. The Kier molecular flexibility index (Phi) is 4.78. The predicted octanol–water partition coefficient (Wildman–Crippen LogP) is 3.06. The van der Waals surface area contributed by atoms with Crippen LogP contribution in [-0.2, 0) is 4.79 Å². The van der Waals surface area contributed by atoms with E-state index in [0.29, 0.717) is 17.2 Å². The van der Waals surface area contributed by atoms with Gasteiger partial charge in [-0.05, 0) is 49.8 Å². The van der Waals surface area contributed by atoms with Crippen molar-refractivity contribution < 1.29 is 9.18 Å². The fourth-order valence-electron chi connectivity index (χ4n) is 3.29. The van der Waals surface area contributed by atoms with Gasteiger partial charge < -0.3 is 5.32 Å². The molecule has 0 bridgehead atoms. The molecule has 2 aromatic rings. The molecule has 1 heterocycles. The highest BCUT2D eigenvalue weighted by Crippen LogP contribution is 2.32. The molecule has 0 atom stereocenters. The summed E-state index contributed by atoms with van der Waals surface area (Å²) in [6.45, 7) is 2.18. The minimum absolute atomic E-state index is 0.0536. The van der Waals surface area contributed by atoms with E-state index in [4.69, 9.17) is 0 Å². The maximum atomic E-state index is 13.6. The molecule has 1 aliphatic carbocycles. The Hall–Kier alpha value is -2.44. The van der Waals surface area contributed by atoms with Crippen molar-refractivity contribution in [1.29, 1.82) is 0 Å². The van der Waals surface area contributed by atoms with E-state index in [9.17, 15) is 14.0 Å². The summed E-state index contributed by atoms with van der Waals surface area (Å²) in [5, 5.41) is 8.93. The molecule has 1 aliphatic rings. The van der Waals surface area contributed by atoms with Gasteiger partial charge in [0.2, 0.25) is 5.91 Å². The number of nitrogens with one attached hydrogen (secondary N) is 3. The van der Waals surface area contributed by atoms with Crippen LogP contribution >= 0.6 is 0 Å². The summed E-state index contributed by atoms with van der Waals surface area (Å²) in [7, 11) is 0. The first kappa shape index (κ1) is 16.4. The molecule has 128 valence electrons. The highest BCUT2D eigenvalue weighted by Gasteiger charge is 2.26. The summed E-state index contributed by atoms with van der Waals surface area (Å²) in [5.41, 5.74) is 0.343. The lowest BCUT2D eigenvalue weighted by Gasteiger charge is -2.27. The molecular formula is C17H21FN4O2. The Morgan fingerprint density at radius 3 is 2.71 bits per heavy atom. The number of rotatable bonds is 4. The number of aromatic nitrogens is 3. The third-order valence-corrected chi connectivity index (χ3v) is 4.79. The lowest BCUT2D eigenvalue weighted by Crippen LogP contribution is -2.27. The molecule has 1 fully saturated rings. The van der Waals surface area contributed by atoms with Crippen LogP contribution in [0.1, 0.15) is 39.0 Å². The van der Waals surface area contributed by atoms with Crippen molar-refractivity contribution in [3.63, 3.8) is 0 Å². The third-order valence-electron chi connectivity index (χ3n) is 4.79. The summed E-state index contributed by atoms with van der Waals surface area (Å²) in [6, 6.07) is 4.01. The molecule has 24 heavy (non-hydrogen) atoms. The van der Waals surface area contributed by atoms with E-state index in [1.54, 1.807) is 0 Å². The molecule has 1 saturated carbocycles. The van der Waals surface area contributed by atoms with Gasteiger partial charge in [0.15, 0.2) is 5.82 Å². The van der Waals surface area contributed by atoms with Gasteiger partial charge in [0.25, 0.3) is 0 Å². The normalized spacial score (nSPS) is 20.8. The number of amides is 1. The van der Waals surface area contributed by atoms with Crippen molar-refractivity contribution in [1.82, 2.24) is 15.2 Å². The van der Waals surface area contributed by atoms with Crippen LogP contribution in [0.25, 0.3) is 11.4 Å². The van der Waals surface area contributed by atoms with Crippen molar-refractivity contribution in [2.24, 2.45) is 11.8 Å². The number of hydrogen-bond donors (Lipinski definition) is 3. The number of carbonyl (C=O) groups excluding carboxylic acids is 1. The lowest BCUT2D eigenvalue weighted by atomic mass is 9.80. The van der Waals surface area contributed by atoms with E-state index < -0.39 is 11.5 Å². The van der Waals surface area contributed by atoms with Gasteiger partial charge in [0, 0.05) is 11.5 Å². The second kappa shape index (κ2) is 6.98. The first-order valence-electron chi connectivity index (χ1n) is 8.32. The quantitative estimate of drug-likeness (QED) is 0.803. The molecule has 3 rings (SSSR count). The maximum absolute atomic E-state index is 13.6. The molecule has 1 amide bonds. The molecule has 7 heteroatoms. The minimum atomic E-state index is -0.457. The number of H-pyrrole nitrogens is 2. The van der Waals surface area contributed by atoms with Crippen molar-refractivity contribution in [3.05, 3.63) is 34.5 Å². The number of nitrogens with zero attached hydrogens (tertiary/aromatic N) is 1. The van der Waals surface area contributed by atoms with Crippen molar-refractivity contribution >= 4 is 11.6 Å². The highest BCUT2D eigenvalue weighted by atomic mass is 19.1. The van der Waals surface area contributed by atoms with Gasteiger partial charge in [-0.2, -0.15) is 5.10 Å². The first-order chi connectivity index (χ1) is 11.6. The number of halogens is 1. The lowest BCUT2D eigenvalue weighted by molar-refractivity contribution is -0.121. The van der Waals surface area contributed by atoms with E-state index in [1.807, 2.05) is 0 Å². The van der Waals surface area contributed by atoms with Gasteiger partial charge in [0.1, 0.15) is 5.82 Å².